The number of carbonyl (C=O) groups excluding carboxylic acids is 1. The fraction of sp³-hybridized carbons (Fsp3) is 0.280. The molecule has 0 bridgehead atoms. The Morgan fingerprint density at radius 3 is 2.68 bits per heavy atom. The number of amides is 1. The predicted octanol–water partition coefficient (Wildman–Crippen LogP) is 6.04. The number of pyridine rings is 2. The van der Waals surface area contributed by atoms with Crippen molar-refractivity contribution in [2.24, 2.45) is 0 Å². The molecular weight excluding hydrogens is 408 g/mol. The van der Waals surface area contributed by atoms with Gasteiger partial charge >= 0.3 is 0 Å². The molecule has 1 aromatic carbocycles. The number of halogens is 1. The fourth-order valence-electron chi connectivity index (χ4n) is 3.49. The highest BCUT2D eigenvalue weighted by molar-refractivity contribution is 6.31. The molecule has 0 aliphatic heterocycles. The molecule has 0 saturated heterocycles. The van der Waals surface area contributed by atoms with Gasteiger partial charge in [-0.25, -0.2) is 0 Å². The molecule has 0 spiro atoms. The lowest BCUT2D eigenvalue weighted by atomic mass is 9.90. The standard InChI is InChI=1S/C25H23ClN4O/c1-15-22(19-8-18(16-4-5-16)9-20(26)10-19)12-21(13-29-15)30-24(31)17-6-7-28-23(11-17)25(2,3)14-27/h6-13,16H,4-5H2,1-3H3,(H,30,31). The highest BCUT2D eigenvalue weighted by Gasteiger charge is 2.25. The van der Waals surface area contributed by atoms with Crippen LogP contribution in [0.1, 0.15) is 59.9 Å². The Morgan fingerprint density at radius 2 is 1.97 bits per heavy atom. The van der Waals surface area contributed by atoms with Gasteiger partial charge in [0.2, 0.25) is 0 Å². The number of carbonyl (C=O) groups is 1. The second-order valence-corrected chi connectivity index (χ2v) is 8.96. The van der Waals surface area contributed by atoms with Gasteiger partial charge in [-0.1, -0.05) is 17.7 Å². The van der Waals surface area contributed by atoms with Gasteiger partial charge in [0.15, 0.2) is 0 Å². The molecule has 2 aromatic heterocycles. The maximum absolute atomic E-state index is 12.8. The second-order valence-electron chi connectivity index (χ2n) is 8.53. The Morgan fingerprint density at radius 1 is 1.19 bits per heavy atom. The minimum absolute atomic E-state index is 0.279. The lowest BCUT2D eigenvalue weighted by Gasteiger charge is -2.15. The zero-order chi connectivity index (χ0) is 22.2. The van der Waals surface area contributed by atoms with Crippen molar-refractivity contribution in [3.8, 4) is 17.2 Å². The number of nitrogens with one attached hydrogen (secondary N) is 1. The van der Waals surface area contributed by atoms with E-state index in [4.69, 9.17) is 11.6 Å². The topological polar surface area (TPSA) is 78.7 Å². The summed E-state index contributed by atoms with van der Waals surface area (Å²) in [6.45, 7) is 5.49. The van der Waals surface area contributed by atoms with Crippen LogP contribution in [0.4, 0.5) is 5.69 Å². The molecule has 5 nitrogen and oxygen atoms in total. The monoisotopic (exact) mass is 430 g/mol. The Bertz CT molecular complexity index is 1210. The van der Waals surface area contributed by atoms with E-state index in [0.717, 1.165) is 16.8 Å². The first-order valence-corrected chi connectivity index (χ1v) is 10.6. The van der Waals surface area contributed by atoms with E-state index >= 15 is 0 Å². The van der Waals surface area contributed by atoms with Crippen molar-refractivity contribution in [2.75, 3.05) is 5.32 Å². The number of nitriles is 1. The molecule has 0 radical (unpaired) electrons. The number of nitrogens with zero attached hydrogens (tertiary/aromatic N) is 3. The minimum atomic E-state index is -0.777. The van der Waals surface area contributed by atoms with Crippen molar-refractivity contribution >= 4 is 23.2 Å². The largest absolute Gasteiger partial charge is 0.321 e. The summed E-state index contributed by atoms with van der Waals surface area (Å²) in [5.74, 6) is 0.311. The SMILES string of the molecule is Cc1ncc(NC(=O)c2ccnc(C(C)(C)C#N)c2)cc1-c1cc(Cl)cc(C2CC2)c1. The number of anilines is 1. The quantitative estimate of drug-likeness (QED) is 0.535. The first-order valence-electron chi connectivity index (χ1n) is 10.2. The number of rotatable bonds is 5. The van der Waals surface area contributed by atoms with Crippen LogP contribution in [0.5, 0.6) is 0 Å². The summed E-state index contributed by atoms with van der Waals surface area (Å²) >= 11 is 6.37. The van der Waals surface area contributed by atoms with E-state index in [2.05, 4.69) is 27.4 Å². The van der Waals surface area contributed by atoms with E-state index < -0.39 is 5.41 Å². The first kappa shape index (κ1) is 21.0. The molecule has 1 amide bonds. The molecule has 31 heavy (non-hydrogen) atoms. The molecule has 1 N–H and O–H groups in total. The lowest BCUT2D eigenvalue weighted by Crippen LogP contribution is -2.18. The molecule has 3 aromatic rings. The lowest BCUT2D eigenvalue weighted by molar-refractivity contribution is 0.102. The molecule has 1 aliphatic carbocycles. The molecule has 1 aliphatic rings. The summed E-state index contributed by atoms with van der Waals surface area (Å²) < 4.78 is 0. The normalized spacial score (nSPS) is 13.5. The fourth-order valence-corrected chi connectivity index (χ4v) is 3.73. The molecule has 1 saturated carbocycles. The van der Waals surface area contributed by atoms with Crippen molar-refractivity contribution < 1.29 is 4.79 Å². The van der Waals surface area contributed by atoms with Crippen molar-refractivity contribution in [3.05, 3.63) is 76.3 Å². The third kappa shape index (κ3) is 4.60. The highest BCUT2D eigenvalue weighted by atomic mass is 35.5. The van der Waals surface area contributed by atoms with Crippen molar-refractivity contribution in [1.82, 2.24) is 9.97 Å². The molecule has 0 unspecified atom stereocenters. The van der Waals surface area contributed by atoms with Gasteiger partial charge in [-0.3, -0.25) is 14.8 Å². The maximum Gasteiger partial charge on any atom is 0.255 e. The summed E-state index contributed by atoms with van der Waals surface area (Å²) in [6, 6.07) is 13.5. The zero-order valence-corrected chi connectivity index (χ0v) is 18.5. The smallest absolute Gasteiger partial charge is 0.255 e. The van der Waals surface area contributed by atoms with Gasteiger partial charge in [0.05, 0.1) is 29.1 Å². The summed E-state index contributed by atoms with van der Waals surface area (Å²) in [5.41, 5.74) is 4.86. The molecular formula is C25H23ClN4O. The van der Waals surface area contributed by atoms with Crippen molar-refractivity contribution in [3.63, 3.8) is 0 Å². The van der Waals surface area contributed by atoms with E-state index in [0.29, 0.717) is 27.9 Å². The summed E-state index contributed by atoms with van der Waals surface area (Å²) in [4.78, 5) is 21.6. The first-order chi connectivity index (χ1) is 14.8. The average molecular weight is 431 g/mol. The van der Waals surface area contributed by atoms with Crippen LogP contribution in [0.2, 0.25) is 5.02 Å². The van der Waals surface area contributed by atoms with Gasteiger partial charge < -0.3 is 5.32 Å². The molecule has 0 atom stereocenters. The van der Waals surface area contributed by atoms with Crippen LogP contribution >= 0.6 is 11.6 Å². The van der Waals surface area contributed by atoms with Crippen molar-refractivity contribution in [1.29, 1.82) is 5.26 Å². The van der Waals surface area contributed by atoms with Gasteiger partial charge in [0.1, 0.15) is 0 Å². The third-order valence-electron chi connectivity index (χ3n) is 5.57. The van der Waals surface area contributed by atoms with Crippen LogP contribution < -0.4 is 5.32 Å². The number of hydrogen-bond donors (Lipinski definition) is 1. The number of aromatic nitrogens is 2. The Hall–Kier alpha value is -3.23. The number of benzene rings is 1. The van der Waals surface area contributed by atoms with Gasteiger partial charge in [0.25, 0.3) is 5.91 Å². The van der Waals surface area contributed by atoms with Crippen LogP contribution in [0.3, 0.4) is 0 Å². The predicted molar refractivity (Wildman–Crippen MR) is 122 cm³/mol. The Kier molecular flexibility index (Phi) is 5.51. The third-order valence-corrected chi connectivity index (χ3v) is 5.78. The van der Waals surface area contributed by atoms with E-state index in [1.54, 1.807) is 38.4 Å². The maximum atomic E-state index is 12.8. The number of aryl methyl sites for hydroxylation is 1. The summed E-state index contributed by atoms with van der Waals surface area (Å²) in [5, 5.41) is 13.0. The Balaban J connectivity index is 1.62. The van der Waals surface area contributed by atoms with Gasteiger partial charge in [0, 0.05) is 28.0 Å². The van der Waals surface area contributed by atoms with E-state index in [9.17, 15) is 10.1 Å². The van der Waals surface area contributed by atoms with Gasteiger partial charge in [-0.2, -0.15) is 5.26 Å². The molecule has 1 fully saturated rings. The van der Waals surface area contributed by atoms with Gasteiger partial charge in [-0.15, -0.1) is 0 Å². The van der Waals surface area contributed by atoms with E-state index in [1.807, 2.05) is 25.1 Å². The van der Waals surface area contributed by atoms with Crippen molar-refractivity contribution in [2.45, 2.75) is 44.9 Å². The average Bonchev–Trinajstić information content (AvgIpc) is 3.60. The second kappa shape index (κ2) is 8.13. The van der Waals surface area contributed by atoms with Gasteiger partial charge in [-0.05, 0) is 81.0 Å². The van der Waals surface area contributed by atoms with E-state index in [1.165, 1.54) is 18.4 Å². The molecule has 4 rings (SSSR count). The van der Waals surface area contributed by atoms with Crippen LogP contribution in [0.15, 0.2) is 48.8 Å². The Labute approximate surface area is 187 Å². The van der Waals surface area contributed by atoms with E-state index in [-0.39, 0.29) is 5.91 Å². The van der Waals surface area contributed by atoms with Crippen LogP contribution in [0.25, 0.3) is 11.1 Å². The summed E-state index contributed by atoms with van der Waals surface area (Å²) in [7, 11) is 0. The van der Waals surface area contributed by atoms with Crippen LogP contribution in [-0.2, 0) is 5.41 Å². The minimum Gasteiger partial charge on any atom is -0.321 e. The molecule has 156 valence electrons. The molecule has 6 heteroatoms. The van der Waals surface area contributed by atoms with Crippen LogP contribution in [-0.4, -0.2) is 15.9 Å². The zero-order valence-electron chi connectivity index (χ0n) is 17.7. The summed E-state index contributed by atoms with van der Waals surface area (Å²) in [6.07, 6.45) is 5.59. The number of hydrogen-bond acceptors (Lipinski definition) is 4. The van der Waals surface area contributed by atoms with Crippen LogP contribution in [0, 0.1) is 18.3 Å². The molecule has 2 heterocycles. The highest BCUT2D eigenvalue weighted by Crippen LogP contribution is 2.42.